The SMILES string of the molecule is N#CC[C@]1(n2cc(C3N=CN=C4NC=CC43)cn2)C[C@H](N2CCC(Oc3cc(CN4CC(O)C4)cc(C(F)(F)F)n3)CC2)C1. The fourth-order valence-electron chi connectivity index (χ4n) is 7.06. The minimum absolute atomic E-state index is 0.00918. The Hall–Kier alpha value is -3.80. The summed E-state index contributed by atoms with van der Waals surface area (Å²) in [7, 11) is 0. The van der Waals surface area contributed by atoms with Crippen LogP contribution < -0.4 is 10.1 Å². The fourth-order valence-corrected chi connectivity index (χ4v) is 7.06. The number of amidine groups is 1. The zero-order valence-corrected chi connectivity index (χ0v) is 24.1. The van der Waals surface area contributed by atoms with Crippen LogP contribution in [0.1, 0.15) is 55.0 Å². The summed E-state index contributed by atoms with van der Waals surface area (Å²) in [5.41, 5.74) is 0.111. The average molecular weight is 610 g/mol. The second kappa shape index (κ2) is 11.3. The topological polar surface area (TPSA) is 127 Å². The quantitative estimate of drug-likeness (QED) is 0.468. The number of aliphatic hydroxyl groups excluding tert-OH is 1. The van der Waals surface area contributed by atoms with Crippen molar-refractivity contribution in [3.8, 4) is 11.9 Å². The first kappa shape index (κ1) is 28.9. The highest BCUT2D eigenvalue weighted by atomic mass is 19.4. The van der Waals surface area contributed by atoms with Gasteiger partial charge in [-0.3, -0.25) is 19.5 Å². The van der Waals surface area contributed by atoms with Crippen LogP contribution >= 0.6 is 0 Å². The molecule has 5 aliphatic rings. The molecule has 14 heteroatoms. The maximum absolute atomic E-state index is 13.6. The molecule has 3 fully saturated rings. The maximum atomic E-state index is 13.6. The molecule has 232 valence electrons. The number of hydrogen-bond acceptors (Lipinski definition) is 10. The van der Waals surface area contributed by atoms with Crippen LogP contribution in [0.3, 0.4) is 0 Å². The van der Waals surface area contributed by atoms with Crippen LogP contribution in [0, 0.1) is 17.2 Å². The first-order valence-electron chi connectivity index (χ1n) is 15.0. The lowest BCUT2D eigenvalue weighted by molar-refractivity contribution is -0.141. The number of ether oxygens (including phenoxy) is 1. The molecule has 2 aromatic heterocycles. The van der Waals surface area contributed by atoms with E-state index in [1.165, 1.54) is 0 Å². The average Bonchev–Trinajstić information content (AvgIpc) is 3.64. The molecule has 2 aromatic rings. The number of halogens is 3. The Labute approximate surface area is 252 Å². The second-order valence-corrected chi connectivity index (χ2v) is 12.5. The second-order valence-electron chi connectivity index (χ2n) is 12.5. The highest BCUT2D eigenvalue weighted by Gasteiger charge is 2.49. The highest BCUT2D eigenvalue weighted by Crippen LogP contribution is 2.46. The number of nitrogens with one attached hydrogen (secondary N) is 1. The van der Waals surface area contributed by atoms with E-state index in [9.17, 15) is 23.5 Å². The molecular weight excluding hydrogens is 575 g/mol. The summed E-state index contributed by atoms with van der Waals surface area (Å²) >= 11 is 0. The summed E-state index contributed by atoms with van der Waals surface area (Å²) in [6.45, 7) is 2.69. The van der Waals surface area contributed by atoms with E-state index in [2.05, 4.69) is 42.4 Å². The molecule has 44 heavy (non-hydrogen) atoms. The molecule has 2 saturated heterocycles. The Balaban J connectivity index is 0.962. The van der Waals surface area contributed by atoms with E-state index in [1.807, 2.05) is 28.2 Å². The summed E-state index contributed by atoms with van der Waals surface area (Å²) in [4.78, 5) is 17.0. The summed E-state index contributed by atoms with van der Waals surface area (Å²) in [6.07, 6.45) is 7.42. The summed E-state index contributed by atoms with van der Waals surface area (Å²) in [5.74, 6) is 0.914. The molecule has 0 radical (unpaired) electrons. The first-order valence-corrected chi connectivity index (χ1v) is 15.0. The minimum atomic E-state index is -4.58. The van der Waals surface area contributed by atoms with Crippen molar-refractivity contribution in [3.63, 3.8) is 0 Å². The summed E-state index contributed by atoms with van der Waals surface area (Å²) in [6, 6.07) is 5.18. The third-order valence-corrected chi connectivity index (χ3v) is 9.46. The minimum Gasteiger partial charge on any atom is -0.474 e. The van der Waals surface area contributed by atoms with Crippen LogP contribution in [-0.2, 0) is 18.3 Å². The van der Waals surface area contributed by atoms with Crippen molar-refractivity contribution in [1.82, 2.24) is 29.9 Å². The van der Waals surface area contributed by atoms with Crippen LogP contribution in [0.4, 0.5) is 13.2 Å². The molecule has 1 saturated carbocycles. The van der Waals surface area contributed by atoms with Crippen LogP contribution in [0.2, 0.25) is 0 Å². The van der Waals surface area contributed by atoms with Gasteiger partial charge in [-0.1, -0.05) is 6.08 Å². The lowest BCUT2D eigenvalue weighted by Crippen LogP contribution is -2.58. The molecule has 1 aliphatic carbocycles. The third-order valence-electron chi connectivity index (χ3n) is 9.46. The molecule has 6 heterocycles. The molecule has 0 spiro atoms. The number of aliphatic imine (C=N–C) groups is 2. The van der Waals surface area contributed by atoms with Crippen molar-refractivity contribution in [2.75, 3.05) is 26.2 Å². The number of hydrogen-bond donors (Lipinski definition) is 2. The number of likely N-dealkylation sites (tertiary alicyclic amines) is 2. The first-order chi connectivity index (χ1) is 21.2. The van der Waals surface area contributed by atoms with Gasteiger partial charge in [0.15, 0.2) is 0 Å². The lowest BCUT2D eigenvalue weighted by Gasteiger charge is -2.52. The smallest absolute Gasteiger partial charge is 0.433 e. The van der Waals surface area contributed by atoms with Crippen molar-refractivity contribution in [2.24, 2.45) is 15.9 Å². The Morgan fingerprint density at radius 2 is 1.98 bits per heavy atom. The Bertz CT molecular complexity index is 1510. The van der Waals surface area contributed by atoms with Crippen molar-refractivity contribution in [3.05, 3.63) is 53.6 Å². The summed E-state index contributed by atoms with van der Waals surface area (Å²) in [5, 5.41) is 27.0. The Morgan fingerprint density at radius 3 is 2.70 bits per heavy atom. The van der Waals surface area contributed by atoms with E-state index in [0.29, 0.717) is 44.5 Å². The van der Waals surface area contributed by atoms with Crippen molar-refractivity contribution >= 4 is 12.2 Å². The van der Waals surface area contributed by atoms with Crippen molar-refractivity contribution < 1.29 is 23.0 Å². The van der Waals surface area contributed by atoms with E-state index in [1.54, 1.807) is 12.4 Å². The Morgan fingerprint density at radius 1 is 1.18 bits per heavy atom. The van der Waals surface area contributed by atoms with E-state index in [4.69, 9.17) is 4.74 Å². The van der Waals surface area contributed by atoms with Crippen molar-refractivity contribution in [2.45, 2.75) is 74.7 Å². The maximum Gasteiger partial charge on any atom is 0.433 e. The van der Waals surface area contributed by atoms with E-state index in [0.717, 1.165) is 43.4 Å². The molecule has 0 amide bonds. The lowest BCUT2D eigenvalue weighted by atomic mass is 9.69. The normalized spacial score (nSPS) is 29.3. The number of β-amino-alcohol motifs (C(OH)–C–C–N with tert-alkyl or cyclic N) is 1. The van der Waals surface area contributed by atoms with Crippen LogP contribution in [0.15, 0.2) is 46.8 Å². The van der Waals surface area contributed by atoms with Gasteiger partial charge in [0.2, 0.25) is 5.88 Å². The number of nitrogens with zero attached hydrogens (tertiary/aromatic N) is 8. The largest absolute Gasteiger partial charge is 0.474 e. The predicted octanol–water partition coefficient (Wildman–Crippen LogP) is 3.00. The van der Waals surface area contributed by atoms with Gasteiger partial charge >= 0.3 is 6.18 Å². The zero-order valence-electron chi connectivity index (χ0n) is 24.1. The van der Waals surface area contributed by atoms with Crippen molar-refractivity contribution in [1.29, 1.82) is 5.26 Å². The number of piperidine rings is 1. The van der Waals surface area contributed by atoms with Gasteiger partial charge < -0.3 is 15.2 Å². The summed E-state index contributed by atoms with van der Waals surface area (Å²) < 4.78 is 48.7. The predicted molar refractivity (Wildman–Crippen MR) is 154 cm³/mol. The molecule has 4 aliphatic heterocycles. The standard InChI is InChI=1S/C30H34F3N9O2/c31-30(32,33)25-9-19(14-40-16-22(43)17-40)10-26(39-25)44-23-2-7-41(8-3-23)21-11-29(12-21,4-5-34)42-15-20(13-38-42)27-24-1-6-35-28(24)37-18-36-27/h1,6,9-10,13,15,18,21-24,27,43H,2-4,7-8,11-12,14,16-17H2,(H,35,36,37)/t21-,24?,27?,29-. The third kappa shape index (κ3) is 5.60. The number of rotatable bonds is 8. The van der Waals surface area contributed by atoms with Gasteiger partial charge in [-0.15, -0.1) is 0 Å². The molecule has 7 rings (SSSR count). The Kier molecular flexibility index (Phi) is 7.42. The van der Waals surface area contributed by atoms with Gasteiger partial charge in [-0.25, -0.2) is 9.98 Å². The fraction of sp³-hybridized carbons (Fsp3) is 0.567. The van der Waals surface area contributed by atoms with Gasteiger partial charge in [0.1, 0.15) is 24.0 Å². The van der Waals surface area contributed by atoms with Gasteiger partial charge in [0, 0.05) is 56.6 Å². The molecule has 2 unspecified atom stereocenters. The number of aromatic nitrogens is 3. The van der Waals surface area contributed by atoms with Crippen LogP contribution in [0.5, 0.6) is 5.88 Å². The number of alkyl halides is 3. The van der Waals surface area contributed by atoms with Gasteiger partial charge in [0.25, 0.3) is 0 Å². The molecular formula is C30H34F3N9O2. The van der Waals surface area contributed by atoms with E-state index >= 15 is 0 Å². The van der Waals surface area contributed by atoms with E-state index < -0.39 is 18.0 Å². The number of nitriles is 1. The molecule has 2 N–H and O–H groups in total. The van der Waals surface area contributed by atoms with Crippen LogP contribution in [-0.4, -0.2) is 86.3 Å². The highest BCUT2D eigenvalue weighted by molar-refractivity contribution is 5.96. The molecule has 0 bridgehead atoms. The monoisotopic (exact) mass is 609 g/mol. The molecule has 0 aromatic carbocycles. The van der Waals surface area contributed by atoms with E-state index in [-0.39, 0.29) is 35.5 Å². The number of pyridine rings is 1. The van der Waals surface area contributed by atoms with Gasteiger partial charge in [-0.05, 0) is 43.5 Å². The molecule has 11 nitrogen and oxygen atoms in total. The number of aliphatic hydroxyl groups is 1. The van der Waals surface area contributed by atoms with Gasteiger partial charge in [0.05, 0.1) is 42.3 Å². The van der Waals surface area contributed by atoms with Gasteiger partial charge in [-0.2, -0.15) is 23.5 Å². The number of fused-ring (bicyclic) bond motifs is 1. The van der Waals surface area contributed by atoms with Crippen LogP contribution in [0.25, 0.3) is 0 Å². The molecule has 2 atom stereocenters. The zero-order chi connectivity index (χ0) is 30.5.